The van der Waals surface area contributed by atoms with Gasteiger partial charge in [-0.2, -0.15) is 0 Å². The summed E-state index contributed by atoms with van der Waals surface area (Å²) in [6, 6.07) is 12.1. The number of carbonyl (C=O) groups is 3. The molecule has 0 spiro atoms. The lowest BCUT2D eigenvalue weighted by atomic mass is 9.85. The van der Waals surface area contributed by atoms with E-state index in [1.807, 2.05) is 57.2 Å². The fraction of sp³-hybridized carbons (Fsp3) is 0.406. The van der Waals surface area contributed by atoms with Gasteiger partial charge >= 0.3 is 12.0 Å². The van der Waals surface area contributed by atoms with Gasteiger partial charge in [-0.1, -0.05) is 49.8 Å². The van der Waals surface area contributed by atoms with E-state index in [9.17, 15) is 14.4 Å². The van der Waals surface area contributed by atoms with E-state index >= 15 is 0 Å². The Labute approximate surface area is 245 Å². The third-order valence-corrected chi connectivity index (χ3v) is 8.74. The largest absolute Gasteiger partial charge is 0.497 e. The van der Waals surface area contributed by atoms with Gasteiger partial charge < -0.3 is 25.4 Å². The molecule has 0 saturated heterocycles. The van der Waals surface area contributed by atoms with Crippen LogP contribution in [0.25, 0.3) is 10.4 Å². The number of nitrogens with one attached hydrogen (secondary N) is 3. The highest BCUT2D eigenvalue weighted by atomic mass is 32.1. The first-order chi connectivity index (χ1) is 19.7. The van der Waals surface area contributed by atoms with Crippen molar-refractivity contribution in [3.8, 4) is 16.2 Å². The topological polar surface area (TPSA) is 106 Å². The molecule has 0 radical (unpaired) electrons. The van der Waals surface area contributed by atoms with Gasteiger partial charge in [0.1, 0.15) is 16.7 Å². The molecule has 3 aromatic rings. The number of benzene rings is 2. The van der Waals surface area contributed by atoms with Gasteiger partial charge in [0.2, 0.25) is 0 Å². The SMILES string of the molecule is COC(=O)[C@H](CC1CCCCC1)NC(=O)c1sc(-c2ccc(OC)cc2)cc1NC(=O)Nc1c(C)cc(C)cc1C. The standard InChI is InChI=1S/C32H39N3O5S/c1-19-15-20(2)28(21(3)16-19)35-32(38)34-25-18-27(23-11-13-24(39-4)14-12-23)41-29(25)30(36)33-26(31(37)40-5)17-22-9-7-6-8-10-22/h11-16,18,22,26H,6-10,17H2,1-5H3,(H,33,36)(H2,34,35,38)/t26-/m0/s1. The predicted molar refractivity (Wildman–Crippen MR) is 164 cm³/mol. The fourth-order valence-electron chi connectivity index (χ4n) is 5.53. The normalized spacial score (nSPS) is 14.2. The van der Waals surface area contributed by atoms with Crippen LogP contribution in [0.5, 0.6) is 5.75 Å². The molecule has 41 heavy (non-hydrogen) atoms. The number of hydrogen-bond acceptors (Lipinski definition) is 6. The molecule has 9 heteroatoms. The van der Waals surface area contributed by atoms with Gasteiger partial charge in [0.05, 0.1) is 19.9 Å². The minimum Gasteiger partial charge on any atom is -0.497 e. The summed E-state index contributed by atoms with van der Waals surface area (Å²) in [6.07, 6.45) is 6.07. The molecule has 3 amide bonds. The molecule has 0 bridgehead atoms. The molecule has 218 valence electrons. The number of anilines is 2. The second-order valence-corrected chi connectivity index (χ2v) is 11.8. The number of urea groups is 1. The van der Waals surface area contributed by atoms with Crippen molar-refractivity contribution in [2.24, 2.45) is 5.92 Å². The number of rotatable bonds is 9. The van der Waals surface area contributed by atoms with Gasteiger partial charge in [0.25, 0.3) is 5.91 Å². The molecule has 0 aliphatic heterocycles. The third kappa shape index (κ3) is 7.67. The van der Waals surface area contributed by atoms with Crippen LogP contribution in [0.2, 0.25) is 0 Å². The van der Waals surface area contributed by atoms with Crippen molar-refractivity contribution < 1.29 is 23.9 Å². The molecule has 3 N–H and O–H groups in total. The molecule has 4 rings (SSSR count). The van der Waals surface area contributed by atoms with Crippen LogP contribution < -0.4 is 20.7 Å². The van der Waals surface area contributed by atoms with Crippen LogP contribution in [0.15, 0.2) is 42.5 Å². The Hall–Kier alpha value is -3.85. The zero-order chi connectivity index (χ0) is 29.5. The molecule has 1 heterocycles. The highest BCUT2D eigenvalue weighted by Gasteiger charge is 2.29. The van der Waals surface area contributed by atoms with E-state index in [1.165, 1.54) is 24.9 Å². The number of hydrogen-bond donors (Lipinski definition) is 3. The van der Waals surface area contributed by atoms with E-state index < -0.39 is 23.9 Å². The summed E-state index contributed by atoms with van der Waals surface area (Å²) in [7, 11) is 2.94. The quantitative estimate of drug-likeness (QED) is 0.233. The lowest BCUT2D eigenvalue weighted by Gasteiger charge is -2.25. The van der Waals surface area contributed by atoms with Gasteiger partial charge in [-0.25, -0.2) is 9.59 Å². The summed E-state index contributed by atoms with van der Waals surface area (Å²) in [5.41, 5.74) is 4.96. The Morgan fingerprint density at radius 2 is 1.59 bits per heavy atom. The van der Waals surface area contributed by atoms with Crippen LogP contribution in [0, 0.1) is 26.7 Å². The number of carbonyl (C=O) groups excluding carboxylic acids is 3. The zero-order valence-electron chi connectivity index (χ0n) is 24.4. The lowest BCUT2D eigenvalue weighted by molar-refractivity contribution is -0.143. The molecular formula is C32H39N3O5S. The van der Waals surface area contributed by atoms with E-state index in [2.05, 4.69) is 16.0 Å². The predicted octanol–water partition coefficient (Wildman–Crippen LogP) is 7.23. The molecule has 1 aliphatic rings. The summed E-state index contributed by atoms with van der Waals surface area (Å²) in [5, 5.41) is 8.72. The Kier molecular flexibility index (Phi) is 10.0. The van der Waals surface area contributed by atoms with Crippen molar-refractivity contribution >= 4 is 40.6 Å². The van der Waals surface area contributed by atoms with E-state index in [0.717, 1.165) is 58.5 Å². The minimum absolute atomic E-state index is 0.306. The average molecular weight is 578 g/mol. The second kappa shape index (κ2) is 13.7. The number of aryl methyl sites for hydroxylation is 3. The molecule has 1 atom stereocenters. The van der Waals surface area contributed by atoms with E-state index in [4.69, 9.17) is 9.47 Å². The van der Waals surface area contributed by atoms with E-state index in [0.29, 0.717) is 28.7 Å². The minimum atomic E-state index is -0.762. The molecule has 1 saturated carbocycles. The first kappa shape index (κ1) is 30.1. The van der Waals surface area contributed by atoms with Crippen LogP contribution in [0.3, 0.4) is 0 Å². The van der Waals surface area contributed by atoms with Gasteiger partial charge in [-0.05, 0) is 80.1 Å². The van der Waals surface area contributed by atoms with Crippen molar-refractivity contribution in [2.75, 3.05) is 24.9 Å². The van der Waals surface area contributed by atoms with Crippen molar-refractivity contribution in [1.82, 2.24) is 5.32 Å². The maximum atomic E-state index is 13.7. The summed E-state index contributed by atoms with van der Waals surface area (Å²) in [5.74, 6) is 0.177. The average Bonchev–Trinajstić information content (AvgIpc) is 3.38. The number of esters is 1. The van der Waals surface area contributed by atoms with Gasteiger partial charge in [0, 0.05) is 10.6 Å². The van der Waals surface area contributed by atoms with E-state index in [1.54, 1.807) is 13.2 Å². The third-order valence-electron chi connectivity index (χ3n) is 7.56. The fourth-order valence-corrected chi connectivity index (χ4v) is 6.55. The smallest absolute Gasteiger partial charge is 0.328 e. The van der Waals surface area contributed by atoms with Crippen LogP contribution in [0.1, 0.15) is 64.9 Å². The molecule has 0 unspecified atom stereocenters. The molecule has 1 aromatic heterocycles. The first-order valence-corrected chi connectivity index (χ1v) is 14.8. The van der Waals surface area contributed by atoms with E-state index in [-0.39, 0.29) is 0 Å². The first-order valence-electron chi connectivity index (χ1n) is 14.0. The van der Waals surface area contributed by atoms with Crippen molar-refractivity contribution in [3.63, 3.8) is 0 Å². The number of amides is 3. The molecule has 2 aromatic carbocycles. The highest BCUT2D eigenvalue weighted by Crippen LogP contribution is 2.36. The monoisotopic (exact) mass is 577 g/mol. The zero-order valence-corrected chi connectivity index (χ0v) is 25.2. The second-order valence-electron chi connectivity index (χ2n) is 10.7. The summed E-state index contributed by atoms with van der Waals surface area (Å²) >= 11 is 1.25. The van der Waals surface area contributed by atoms with Crippen molar-refractivity contribution in [3.05, 3.63) is 64.0 Å². The number of methoxy groups -OCH3 is 2. The van der Waals surface area contributed by atoms with Gasteiger partial charge in [0.15, 0.2) is 0 Å². The number of thiophene rings is 1. The Bertz CT molecular complexity index is 1370. The molecule has 1 fully saturated rings. The number of ether oxygens (including phenoxy) is 2. The van der Waals surface area contributed by atoms with Crippen LogP contribution in [-0.2, 0) is 9.53 Å². The maximum Gasteiger partial charge on any atom is 0.328 e. The maximum absolute atomic E-state index is 13.7. The Morgan fingerprint density at radius 1 is 0.927 bits per heavy atom. The highest BCUT2D eigenvalue weighted by molar-refractivity contribution is 7.18. The Balaban J connectivity index is 1.61. The molecule has 1 aliphatic carbocycles. The molecule has 8 nitrogen and oxygen atoms in total. The summed E-state index contributed by atoms with van der Waals surface area (Å²) in [6.45, 7) is 5.90. The van der Waals surface area contributed by atoms with Crippen molar-refractivity contribution in [2.45, 2.75) is 65.3 Å². The van der Waals surface area contributed by atoms with Crippen LogP contribution >= 0.6 is 11.3 Å². The van der Waals surface area contributed by atoms with Crippen LogP contribution in [0.4, 0.5) is 16.2 Å². The van der Waals surface area contributed by atoms with Crippen molar-refractivity contribution in [1.29, 1.82) is 0 Å². The summed E-state index contributed by atoms with van der Waals surface area (Å²) in [4.78, 5) is 40.6. The Morgan fingerprint density at radius 3 is 2.20 bits per heavy atom. The molecular weight excluding hydrogens is 538 g/mol. The van der Waals surface area contributed by atoms with Crippen LogP contribution in [-0.4, -0.2) is 38.2 Å². The summed E-state index contributed by atoms with van der Waals surface area (Å²) < 4.78 is 10.3. The lowest BCUT2D eigenvalue weighted by Crippen LogP contribution is -2.43. The van der Waals surface area contributed by atoms with Gasteiger partial charge in [-0.3, -0.25) is 4.79 Å². The van der Waals surface area contributed by atoms with Gasteiger partial charge in [-0.15, -0.1) is 11.3 Å².